The maximum atomic E-state index is 10.6. The second-order valence-corrected chi connectivity index (χ2v) is 4.22. The minimum absolute atomic E-state index is 0.0668. The molecule has 0 atom stereocenters. The molecular formula is C12H12OSi. The van der Waals surface area contributed by atoms with Gasteiger partial charge in [0.2, 0.25) is 5.78 Å². The van der Waals surface area contributed by atoms with Gasteiger partial charge in [-0.25, -0.2) is 0 Å². The summed E-state index contributed by atoms with van der Waals surface area (Å²) >= 11 is 0. The molecule has 0 unspecified atom stereocenters. The molecule has 0 saturated carbocycles. The SMILES string of the molecule is CC(=O)C#C[Si]c1cccc(C)c1C. The van der Waals surface area contributed by atoms with Crippen molar-refractivity contribution in [3.63, 3.8) is 0 Å². The molecule has 1 aromatic carbocycles. The van der Waals surface area contributed by atoms with E-state index < -0.39 is 0 Å². The highest BCUT2D eigenvalue weighted by atomic mass is 28.2. The molecule has 0 amide bonds. The smallest absolute Gasteiger partial charge is 0.201 e. The first-order chi connectivity index (χ1) is 6.61. The van der Waals surface area contributed by atoms with Gasteiger partial charge in [-0.1, -0.05) is 18.2 Å². The van der Waals surface area contributed by atoms with Crippen LogP contribution in [0.4, 0.5) is 0 Å². The fraction of sp³-hybridized carbons (Fsp3) is 0.250. The van der Waals surface area contributed by atoms with Crippen LogP contribution >= 0.6 is 0 Å². The molecule has 0 N–H and O–H groups in total. The van der Waals surface area contributed by atoms with Crippen LogP contribution in [0, 0.1) is 25.3 Å². The van der Waals surface area contributed by atoms with Gasteiger partial charge < -0.3 is 0 Å². The zero-order valence-electron chi connectivity index (χ0n) is 8.64. The molecular weight excluding hydrogens is 188 g/mol. The molecule has 0 aliphatic heterocycles. The van der Waals surface area contributed by atoms with Gasteiger partial charge >= 0.3 is 0 Å². The van der Waals surface area contributed by atoms with Gasteiger partial charge in [0.05, 0.1) is 0 Å². The lowest BCUT2D eigenvalue weighted by molar-refractivity contribution is -0.111. The molecule has 70 valence electrons. The lowest BCUT2D eigenvalue weighted by atomic mass is 10.1. The van der Waals surface area contributed by atoms with Gasteiger partial charge in [0.1, 0.15) is 0 Å². The van der Waals surface area contributed by atoms with E-state index in [9.17, 15) is 4.79 Å². The summed E-state index contributed by atoms with van der Waals surface area (Å²) < 4.78 is 0. The summed E-state index contributed by atoms with van der Waals surface area (Å²) in [6.45, 7) is 5.66. The Hall–Kier alpha value is -1.33. The third-order valence-electron chi connectivity index (χ3n) is 2.04. The van der Waals surface area contributed by atoms with E-state index in [0.29, 0.717) is 9.52 Å². The van der Waals surface area contributed by atoms with Crippen LogP contribution in [-0.2, 0) is 4.79 Å². The molecule has 0 heterocycles. The fourth-order valence-corrected chi connectivity index (χ4v) is 2.01. The number of hydrogen-bond acceptors (Lipinski definition) is 1. The first-order valence-corrected chi connectivity index (χ1v) is 5.45. The van der Waals surface area contributed by atoms with Gasteiger partial charge in [-0.15, -0.1) is 5.54 Å². The van der Waals surface area contributed by atoms with E-state index in [4.69, 9.17) is 0 Å². The predicted octanol–water partition coefficient (Wildman–Crippen LogP) is 1.18. The first-order valence-electron chi connectivity index (χ1n) is 4.45. The zero-order valence-corrected chi connectivity index (χ0v) is 9.64. The molecule has 2 heteroatoms. The van der Waals surface area contributed by atoms with E-state index in [-0.39, 0.29) is 5.78 Å². The molecule has 1 aromatic rings. The van der Waals surface area contributed by atoms with Crippen molar-refractivity contribution in [2.24, 2.45) is 0 Å². The van der Waals surface area contributed by atoms with Crippen LogP contribution in [0.5, 0.6) is 0 Å². The fourth-order valence-electron chi connectivity index (χ4n) is 1.07. The minimum Gasteiger partial charge on any atom is -0.285 e. The Kier molecular flexibility index (Phi) is 3.67. The molecule has 0 bridgehead atoms. The molecule has 0 saturated heterocycles. The number of carbonyl (C=O) groups excluding carboxylic acids is 1. The van der Waals surface area contributed by atoms with E-state index in [1.54, 1.807) is 0 Å². The highest BCUT2D eigenvalue weighted by molar-refractivity contribution is 6.62. The molecule has 0 aromatic heterocycles. The Balaban J connectivity index is 2.84. The summed E-state index contributed by atoms with van der Waals surface area (Å²) in [5.41, 5.74) is 5.46. The highest BCUT2D eigenvalue weighted by Crippen LogP contribution is 2.01. The van der Waals surface area contributed by atoms with Crippen LogP contribution < -0.4 is 5.19 Å². The summed E-state index contributed by atoms with van der Waals surface area (Å²) in [6.07, 6.45) is 0. The van der Waals surface area contributed by atoms with Gasteiger partial charge in [0.25, 0.3) is 0 Å². The van der Waals surface area contributed by atoms with Crippen molar-refractivity contribution in [2.45, 2.75) is 20.8 Å². The van der Waals surface area contributed by atoms with Gasteiger partial charge in [-0.05, 0) is 36.1 Å². The van der Waals surface area contributed by atoms with E-state index in [1.165, 1.54) is 23.2 Å². The van der Waals surface area contributed by atoms with Crippen LogP contribution in [0.1, 0.15) is 18.1 Å². The Morgan fingerprint density at radius 1 is 1.36 bits per heavy atom. The first kappa shape index (κ1) is 10.7. The topological polar surface area (TPSA) is 17.1 Å². The molecule has 2 radical (unpaired) electrons. The van der Waals surface area contributed by atoms with Crippen LogP contribution in [0.25, 0.3) is 0 Å². The van der Waals surface area contributed by atoms with Crippen LogP contribution in [-0.4, -0.2) is 15.3 Å². The summed E-state index contributed by atoms with van der Waals surface area (Å²) in [6, 6.07) is 6.18. The number of benzene rings is 1. The molecule has 0 aliphatic rings. The van der Waals surface area contributed by atoms with Crippen LogP contribution in [0.15, 0.2) is 18.2 Å². The van der Waals surface area contributed by atoms with E-state index in [0.717, 1.165) is 0 Å². The molecule has 0 fully saturated rings. The number of aryl methyl sites for hydroxylation is 1. The van der Waals surface area contributed by atoms with E-state index in [2.05, 4.69) is 37.4 Å². The van der Waals surface area contributed by atoms with Crippen LogP contribution in [0.2, 0.25) is 0 Å². The third-order valence-corrected chi connectivity index (χ3v) is 3.10. The van der Waals surface area contributed by atoms with Gasteiger partial charge in [0, 0.05) is 6.92 Å². The van der Waals surface area contributed by atoms with Crippen molar-refractivity contribution in [3.8, 4) is 11.5 Å². The zero-order chi connectivity index (χ0) is 10.6. The maximum Gasteiger partial charge on any atom is 0.201 e. The summed E-state index contributed by atoms with van der Waals surface area (Å²) in [5, 5.41) is 1.23. The van der Waals surface area contributed by atoms with Gasteiger partial charge in [-0.2, -0.15) is 0 Å². The lowest BCUT2D eigenvalue weighted by Gasteiger charge is -2.03. The molecule has 0 spiro atoms. The van der Waals surface area contributed by atoms with E-state index in [1.807, 2.05) is 6.07 Å². The van der Waals surface area contributed by atoms with Crippen molar-refractivity contribution in [1.29, 1.82) is 0 Å². The highest BCUT2D eigenvalue weighted by Gasteiger charge is 1.99. The number of Topliss-reactive ketones (excluding diaryl/α,β-unsaturated/α-hetero) is 1. The number of carbonyl (C=O) groups is 1. The molecule has 0 aliphatic carbocycles. The van der Waals surface area contributed by atoms with Crippen molar-refractivity contribution >= 4 is 20.5 Å². The van der Waals surface area contributed by atoms with Gasteiger partial charge in [-0.3, -0.25) is 4.79 Å². The average Bonchev–Trinajstić information content (AvgIpc) is 2.12. The molecule has 1 rings (SSSR count). The number of ketones is 1. The average molecular weight is 200 g/mol. The van der Waals surface area contributed by atoms with Crippen molar-refractivity contribution in [3.05, 3.63) is 29.3 Å². The monoisotopic (exact) mass is 200 g/mol. The Labute approximate surface area is 87.4 Å². The standard InChI is InChI=1S/C12H12OSi/c1-9-5-4-6-12(11(9)3)14-8-7-10(2)13/h4-6H,1-3H3. The quantitative estimate of drug-likeness (QED) is 0.491. The van der Waals surface area contributed by atoms with Crippen LogP contribution in [0.3, 0.4) is 0 Å². The Morgan fingerprint density at radius 3 is 2.71 bits per heavy atom. The summed E-state index contributed by atoms with van der Waals surface area (Å²) in [5.74, 6) is 2.50. The maximum absolute atomic E-state index is 10.6. The Bertz CT molecular complexity index is 410. The minimum atomic E-state index is -0.0668. The summed E-state index contributed by atoms with van der Waals surface area (Å²) in [7, 11) is 0.411. The van der Waals surface area contributed by atoms with E-state index >= 15 is 0 Å². The number of hydrogen-bond donors (Lipinski definition) is 0. The molecule has 14 heavy (non-hydrogen) atoms. The summed E-state index contributed by atoms with van der Waals surface area (Å²) in [4.78, 5) is 10.6. The third kappa shape index (κ3) is 2.86. The van der Waals surface area contributed by atoms with Gasteiger partial charge in [0.15, 0.2) is 9.52 Å². The predicted molar refractivity (Wildman–Crippen MR) is 59.8 cm³/mol. The second kappa shape index (κ2) is 4.78. The molecule has 1 nitrogen and oxygen atoms in total. The largest absolute Gasteiger partial charge is 0.285 e. The lowest BCUT2D eigenvalue weighted by Crippen LogP contribution is -2.17. The van der Waals surface area contributed by atoms with Crippen molar-refractivity contribution < 1.29 is 4.79 Å². The number of rotatable bonds is 1. The Morgan fingerprint density at radius 2 is 2.07 bits per heavy atom. The normalized spacial score (nSPS) is 9.07. The van der Waals surface area contributed by atoms with Crippen molar-refractivity contribution in [1.82, 2.24) is 0 Å². The second-order valence-electron chi connectivity index (χ2n) is 3.18. The van der Waals surface area contributed by atoms with Crippen molar-refractivity contribution in [2.75, 3.05) is 0 Å².